The Morgan fingerprint density at radius 3 is 2.56 bits per heavy atom. The van der Waals surface area contributed by atoms with E-state index in [1.54, 1.807) is 18.2 Å². The van der Waals surface area contributed by atoms with Gasteiger partial charge in [-0.3, -0.25) is 9.69 Å². The first-order valence-electron chi connectivity index (χ1n) is 7.75. The number of urea groups is 1. The monoisotopic (exact) mass is 338 g/mol. The Labute approximate surface area is 145 Å². The van der Waals surface area contributed by atoms with E-state index in [0.29, 0.717) is 11.3 Å². The van der Waals surface area contributed by atoms with Crippen molar-refractivity contribution in [2.75, 3.05) is 7.11 Å². The first kappa shape index (κ1) is 16.6. The van der Waals surface area contributed by atoms with E-state index in [1.165, 1.54) is 13.2 Å². The van der Waals surface area contributed by atoms with Crippen LogP contribution in [0.15, 0.2) is 48.2 Å². The Bertz CT molecular complexity index is 856. The molecule has 0 saturated carbocycles. The highest BCUT2D eigenvalue weighted by molar-refractivity contribution is 6.13. The third kappa shape index (κ3) is 3.47. The van der Waals surface area contributed by atoms with Crippen molar-refractivity contribution in [3.8, 4) is 11.5 Å². The quantitative estimate of drug-likeness (QED) is 0.664. The molecule has 1 aliphatic rings. The highest BCUT2D eigenvalue weighted by Gasteiger charge is 2.33. The Balaban J connectivity index is 1.82. The molecular weight excluding hydrogens is 320 g/mol. The third-order valence-electron chi connectivity index (χ3n) is 3.94. The minimum Gasteiger partial charge on any atom is -0.504 e. The van der Waals surface area contributed by atoms with Gasteiger partial charge in [0.25, 0.3) is 5.91 Å². The number of hydrogen-bond donors (Lipinski definition) is 2. The van der Waals surface area contributed by atoms with Gasteiger partial charge in [-0.05, 0) is 36.3 Å². The summed E-state index contributed by atoms with van der Waals surface area (Å²) >= 11 is 0. The fourth-order valence-electron chi connectivity index (χ4n) is 2.54. The lowest BCUT2D eigenvalue weighted by Crippen LogP contribution is -2.30. The molecule has 0 radical (unpaired) electrons. The first-order chi connectivity index (χ1) is 12.0. The zero-order valence-corrected chi connectivity index (χ0v) is 13.9. The number of amides is 3. The molecule has 0 spiro atoms. The average molecular weight is 338 g/mol. The molecule has 3 rings (SSSR count). The van der Waals surface area contributed by atoms with E-state index in [4.69, 9.17) is 4.74 Å². The van der Waals surface area contributed by atoms with Crippen LogP contribution >= 0.6 is 0 Å². The lowest BCUT2D eigenvalue weighted by molar-refractivity contribution is -0.123. The molecule has 3 amide bonds. The van der Waals surface area contributed by atoms with Crippen LogP contribution in [0.3, 0.4) is 0 Å². The number of benzene rings is 2. The topological polar surface area (TPSA) is 78.9 Å². The van der Waals surface area contributed by atoms with Gasteiger partial charge in [0.15, 0.2) is 11.5 Å². The molecule has 1 saturated heterocycles. The molecule has 6 heteroatoms. The van der Waals surface area contributed by atoms with Crippen molar-refractivity contribution in [1.29, 1.82) is 0 Å². The van der Waals surface area contributed by atoms with Gasteiger partial charge in [-0.2, -0.15) is 0 Å². The van der Waals surface area contributed by atoms with Gasteiger partial charge in [-0.15, -0.1) is 0 Å². The Kier molecular flexibility index (Phi) is 4.43. The molecule has 6 nitrogen and oxygen atoms in total. The number of hydrogen-bond acceptors (Lipinski definition) is 4. The number of methoxy groups -OCH3 is 1. The van der Waals surface area contributed by atoms with Crippen LogP contribution in [0, 0.1) is 6.92 Å². The maximum absolute atomic E-state index is 12.5. The predicted octanol–water partition coefficient (Wildman–Crippen LogP) is 2.80. The van der Waals surface area contributed by atoms with Crippen molar-refractivity contribution in [2.45, 2.75) is 13.5 Å². The summed E-state index contributed by atoms with van der Waals surface area (Å²) < 4.78 is 5.05. The summed E-state index contributed by atoms with van der Waals surface area (Å²) in [4.78, 5) is 25.8. The molecule has 2 N–H and O–H groups in total. The summed E-state index contributed by atoms with van der Waals surface area (Å²) in [6, 6.07) is 11.9. The fraction of sp³-hybridized carbons (Fsp3) is 0.158. The van der Waals surface area contributed by atoms with Crippen molar-refractivity contribution in [3.05, 3.63) is 64.9 Å². The molecular formula is C19H18N2O4. The molecule has 0 atom stereocenters. The first-order valence-corrected chi connectivity index (χ1v) is 7.75. The Hall–Kier alpha value is -3.28. The second-order valence-electron chi connectivity index (χ2n) is 5.80. The number of nitrogens with zero attached hydrogens (tertiary/aromatic N) is 1. The van der Waals surface area contributed by atoms with E-state index < -0.39 is 11.9 Å². The number of carbonyl (C=O) groups is 2. The number of aryl methyl sites for hydroxylation is 1. The van der Waals surface area contributed by atoms with Gasteiger partial charge in [0.05, 0.1) is 13.7 Å². The van der Waals surface area contributed by atoms with Crippen LogP contribution in [0.1, 0.15) is 16.7 Å². The normalized spacial score (nSPS) is 15.6. The van der Waals surface area contributed by atoms with Gasteiger partial charge in [-0.25, -0.2) is 4.79 Å². The second kappa shape index (κ2) is 6.68. The van der Waals surface area contributed by atoms with Crippen LogP contribution in [0.5, 0.6) is 11.5 Å². The molecule has 2 aromatic carbocycles. The Morgan fingerprint density at radius 2 is 1.88 bits per heavy atom. The van der Waals surface area contributed by atoms with Gasteiger partial charge in [-0.1, -0.05) is 35.9 Å². The number of aromatic hydroxyl groups is 1. The lowest BCUT2D eigenvalue weighted by atomic mass is 10.1. The smallest absolute Gasteiger partial charge is 0.329 e. The number of phenolic OH excluding ortho intramolecular Hbond substituents is 1. The van der Waals surface area contributed by atoms with Gasteiger partial charge >= 0.3 is 6.03 Å². The number of nitrogens with one attached hydrogen (secondary N) is 1. The van der Waals surface area contributed by atoms with Crippen LogP contribution in [-0.2, 0) is 11.3 Å². The van der Waals surface area contributed by atoms with Crippen LogP contribution in [0.4, 0.5) is 4.79 Å². The van der Waals surface area contributed by atoms with Crippen molar-refractivity contribution >= 4 is 18.0 Å². The van der Waals surface area contributed by atoms with Crippen molar-refractivity contribution in [2.24, 2.45) is 0 Å². The molecule has 2 aromatic rings. The fourth-order valence-corrected chi connectivity index (χ4v) is 2.54. The van der Waals surface area contributed by atoms with E-state index in [1.807, 2.05) is 31.2 Å². The van der Waals surface area contributed by atoms with E-state index in [2.05, 4.69) is 5.32 Å². The van der Waals surface area contributed by atoms with E-state index in [9.17, 15) is 14.7 Å². The van der Waals surface area contributed by atoms with Crippen molar-refractivity contribution < 1.29 is 19.4 Å². The summed E-state index contributed by atoms with van der Waals surface area (Å²) in [5.41, 5.74) is 2.81. The highest BCUT2D eigenvalue weighted by atomic mass is 16.5. The Morgan fingerprint density at radius 1 is 1.16 bits per heavy atom. The van der Waals surface area contributed by atoms with Crippen molar-refractivity contribution in [3.63, 3.8) is 0 Å². The molecule has 128 valence electrons. The van der Waals surface area contributed by atoms with Gasteiger partial charge < -0.3 is 15.2 Å². The number of carbonyl (C=O) groups excluding carboxylic acids is 2. The van der Waals surface area contributed by atoms with E-state index in [-0.39, 0.29) is 18.0 Å². The predicted molar refractivity (Wildman–Crippen MR) is 92.9 cm³/mol. The van der Waals surface area contributed by atoms with Gasteiger partial charge in [0, 0.05) is 0 Å². The van der Waals surface area contributed by atoms with Gasteiger partial charge in [0.1, 0.15) is 5.70 Å². The molecule has 25 heavy (non-hydrogen) atoms. The maximum Gasteiger partial charge on any atom is 0.329 e. The van der Waals surface area contributed by atoms with Crippen LogP contribution in [-0.4, -0.2) is 29.1 Å². The van der Waals surface area contributed by atoms with E-state index >= 15 is 0 Å². The lowest BCUT2D eigenvalue weighted by Gasteiger charge is -2.11. The molecule has 0 unspecified atom stereocenters. The van der Waals surface area contributed by atoms with Gasteiger partial charge in [0.2, 0.25) is 0 Å². The number of imide groups is 1. The second-order valence-corrected chi connectivity index (χ2v) is 5.80. The number of phenols is 1. The minimum absolute atomic E-state index is 0.00688. The van der Waals surface area contributed by atoms with Crippen LogP contribution in [0.2, 0.25) is 0 Å². The number of ether oxygens (including phenoxy) is 1. The summed E-state index contributed by atoms with van der Waals surface area (Å²) in [5.74, 6) is -0.0901. The largest absolute Gasteiger partial charge is 0.504 e. The molecule has 1 aliphatic heterocycles. The summed E-state index contributed by atoms with van der Waals surface area (Å²) in [6.45, 7) is 2.19. The molecule has 0 bridgehead atoms. The third-order valence-corrected chi connectivity index (χ3v) is 3.94. The standard InChI is InChI=1S/C19H18N2O4/c1-12-3-5-13(6-4-12)11-21-18(23)15(20-19(21)24)9-14-7-8-16(22)17(10-14)25-2/h3-10,22H,11H2,1-2H3,(H,20,24)/b15-9+. The van der Waals surface area contributed by atoms with Crippen molar-refractivity contribution in [1.82, 2.24) is 10.2 Å². The summed E-state index contributed by atoms with van der Waals surface area (Å²) in [5, 5.41) is 12.2. The summed E-state index contributed by atoms with van der Waals surface area (Å²) in [6.07, 6.45) is 1.55. The highest BCUT2D eigenvalue weighted by Crippen LogP contribution is 2.27. The zero-order valence-electron chi connectivity index (χ0n) is 13.9. The SMILES string of the molecule is COc1cc(/C=C2/NC(=O)N(Cc3ccc(C)cc3)C2=O)ccc1O. The number of rotatable bonds is 4. The van der Waals surface area contributed by atoms with Crippen LogP contribution in [0.25, 0.3) is 6.08 Å². The molecule has 1 heterocycles. The molecule has 1 fully saturated rings. The summed E-state index contributed by atoms with van der Waals surface area (Å²) in [7, 11) is 1.44. The van der Waals surface area contributed by atoms with Crippen LogP contribution < -0.4 is 10.1 Å². The molecule has 0 aromatic heterocycles. The minimum atomic E-state index is -0.456. The van der Waals surface area contributed by atoms with E-state index in [0.717, 1.165) is 16.0 Å². The molecule has 0 aliphatic carbocycles. The maximum atomic E-state index is 12.5. The zero-order chi connectivity index (χ0) is 18.0. The average Bonchev–Trinajstić information content (AvgIpc) is 2.86.